The predicted molar refractivity (Wildman–Crippen MR) is 122 cm³/mol. The summed E-state index contributed by atoms with van der Waals surface area (Å²) in [7, 11) is 1.65. The Kier molecular flexibility index (Phi) is 5.87. The highest BCUT2D eigenvalue weighted by Gasteiger charge is 2.20. The van der Waals surface area contributed by atoms with Crippen LogP contribution in [-0.2, 0) is 4.79 Å². The van der Waals surface area contributed by atoms with E-state index < -0.39 is 0 Å². The molecule has 1 aromatic heterocycles. The van der Waals surface area contributed by atoms with E-state index in [-0.39, 0.29) is 5.91 Å². The van der Waals surface area contributed by atoms with Gasteiger partial charge in [-0.3, -0.25) is 4.79 Å². The highest BCUT2D eigenvalue weighted by Crippen LogP contribution is 2.40. The second kappa shape index (κ2) is 8.57. The Hall–Kier alpha value is -2.72. The zero-order chi connectivity index (χ0) is 21.3. The van der Waals surface area contributed by atoms with E-state index >= 15 is 0 Å². The molecule has 4 rings (SSSR count). The van der Waals surface area contributed by atoms with Gasteiger partial charge in [0.2, 0.25) is 5.91 Å². The molecule has 1 aliphatic heterocycles. The van der Waals surface area contributed by atoms with Gasteiger partial charge in [0.15, 0.2) is 0 Å². The van der Waals surface area contributed by atoms with Gasteiger partial charge in [0.25, 0.3) is 0 Å². The summed E-state index contributed by atoms with van der Waals surface area (Å²) in [5, 5.41) is 1.68. The van der Waals surface area contributed by atoms with E-state index in [1.54, 1.807) is 19.4 Å². The van der Waals surface area contributed by atoms with Gasteiger partial charge >= 0.3 is 0 Å². The van der Waals surface area contributed by atoms with Crippen molar-refractivity contribution in [1.82, 2.24) is 4.90 Å². The molecule has 0 atom stereocenters. The summed E-state index contributed by atoms with van der Waals surface area (Å²) in [6, 6.07) is 9.76. The number of hydrogen-bond donors (Lipinski definition) is 0. The largest absolute Gasteiger partial charge is 0.496 e. The Morgan fingerprint density at radius 2 is 1.87 bits per heavy atom. The quantitative estimate of drug-likeness (QED) is 0.450. The fraction of sp³-hybridized carbons (Fsp3) is 0.320. The number of piperidine rings is 1. The van der Waals surface area contributed by atoms with Crippen molar-refractivity contribution in [1.29, 1.82) is 0 Å². The minimum atomic E-state index is 0.0668. The number of rotatable bonds is 4. The minimum Gasteiger partial charge on any atom is -0.496 e. The average molecular weight is 424 g/mol. The number of aryl methyl sites for hydroxylation is 1. The molecule has 5 heteroatoms. The van der Waals surface area contributed by atoms with Gasteiger partial charge in [-0.05, 0) is 62.4 Å². The van der Waals surface area contributed by atoms with Crippen molar-refractivity contribution < 1.29 is 13.9 Å². The molecule has 2 heterocycles. The maximum atomic E-state index is 12.8. The highest BCUT2D eigenvalue weighted by atomic mass is 35.5. The highest BCUT2D eigenvalue weighted by molar-refractivity contribution is 6.30. The number of furan rings is 1. The number of halogens is 1. The topological polar surface area (TPSA) is 42.7 Å². The number of amides is 1. The molecule has 1 amide bonds. The molecule has 0 unspecified atom stereocenters. The van der Waals surface area contributed by atoms with Crippen LogP contribution >= 0.6 is 11.6 Å². The van der Waals surface area contributed by atoms with Gasteiger partial charge in [-0.25, -0.2) is 0 Å². The van der Waals surface area contributed by atoms with Crippen LogP contribution in [0.15, 0.2) is 47.1 Å². The summed E-state index contributed by atoms with van der Waals surface area (Å²) in [5.41, 5.74) is 5.52. The fourth-order valence-electron chi connectivity index (χ4n) is 4.19. The van der Waals surface area contributed by atoms with Crippen molar-refractivity contribution >= 4 is 34.1 Å². The number of fused-ring (bicyclic) bond motifs is 1. The number of carbonyl (C=O) groups excluding carboxylic acids is 1. The first kappa shape index (κ1) is 20.5. The number of benzene rings is 2. The first-order valence-electron chi connectivity index (χ1n) is 10.3. The van der Waals surface area contributed by atoms with Gasteiger partial charge in [-0.2, -0.15) is 0 Å². The maximum absolute atomic E-state index is 12.8. The summed E-state index contributed by atoms with van der Waals surface area (Å²) < 4.78 is 11.6. The van der Waals surface area contributed by atoms with Crippen LogP contribution in [0.4, 0.5) is 0 Å². The number of hydrogen-bond acceptors (Lipinski definition) is 3. The number of ether oxygens (including phenoxy) is 1. The second-order valence-electron chi connectivity index (χ2n) is 7.83. The molecule has 0 bridgehead atoms. The molecule has 0 aliphatic carbocycles. The summed E-state index contributed by atoms with van der Waals surface area (Å²) in [4.78, 5) is 14.7. The van der Waals surface area contributed by atoms with Crippen LogP contribution in [0.1, 0.15) is 37.3 Å². The number of nitrogens with zero attached hydrogens (tertiary/aromatic N) is 1. The number of carbonyl (C=O) groups is 1. The molecule has 1 fully saturated rings. The fourth-order valence-corrected chi connectivity index (χ4v) is 4.32. The van der Waals surface area contributed by atoms with Crippen molar-refractivity contribution in [3.05, 3.63) is 58.8 Å². The Balaban J connectivity index is 1.80. The van der Waals surface area contributed by atoms with Crippen molar-refractivity contribution in [2.45, 2.75) is 33.1 Å². The lowest BCUT2D eigenvalue weighted by Crippen LogP contribution is -2.34. The van der Waals surface area contributed by atoms with Gasteiger partial charge in [0.1, 0.15) is 11.3 Å². The van der Waals surface area contributed by atoms with Gasteiger partial charge in [0.05, 0.1) is 13.4 Å². The normalized spacial score (nSPS) is 14.9. The standard InChI is InChI=1S/C25H26ClNO3/c1-16(13-23(28)27-11-5-4-6-12-27)20-14-21-22(18-7-9-19(26)10-8-18)15-30-25(21)17(2)24(20)29-3/h7-10,13-15H,4-6,11-12H2,1-3H3/b16-13+. The van der Waals surface area contributed by atoms with E-state index in [1.165, 1.54) is 6.42 Å². The average Bonchev–Trinajstić information content (AvgIpc) is 3.19. The minimum absolute atomic E-state index is 0.0668. The van der Waals surface area contributed by atoms with Gasteiger partial charge in [-0.1, -0.05) is 23.7 Å². The van der Waals surface area contributed by atoms with Gasteiger partial charge < -0.3 is 14.1 Å². The molecule has 0 saturated carbocycles. The lowest BCUT2D eigenvalue weighted by atomic mass is 9.96. The predicted octanol–water partition coefficient (Wildman–Crippen LogP) is 6.49. The third kappa shape index (κ3) is 3.84. The summed E-state index contributed by atoms with van der Waals surface area (Å²) >= 11 is 6.05. The molecule has 3 aromatic rings. The number of likely N-dealkylation sites (tertiary alicyclic amines) is 1. The lowest BCUT2D eigenvalue weighted by Gasteiger charge is -2.25. The van der Waals surface area contributed by atoms with E-state index in [9.17, 15) is 4.79 Å². The van der Waals surface area contributed by atoms with Crippen molar-refractivity contribution in [2.75, 3.05) is 20.2 Å². The molecule has 0 N–H and O–H groups in total. The Morgan fingerprint density at radius 1 is 1.17 bits per heavy atom. The molecule has 1 aliphatic rings. The molecule has 2 aromatic carbocycles. The second-order valence-corrected chi connectivity index (χ2v) is 8.27. The van der Waals surface area contributed by atoms with E-state index in [1.807, 2.05) is 43.0 Å². The number of methoxy groups -OCH3 is 1. The number of allylic oxidation sites excluding steroid dienone is 1. The third-order valence-corrected chi connectivity index (χ3v) is 6.09. The summed E-state index contributed by atoms with van der Waals surface area (Å²) in [5.74, 6) is 0.803. The molecule has 0 radical (unpaired) electrons. The van der Waals surface area contributed by atoms with Crippen LogP contribution in [0.25, 0.3) is 27.7 Å². The van der Waals surface area contributed by atoms with Gasteiger partial charge in [-0.15, -0.1) is 0 Å². The van der Waals surface area contributed by atoms with Crippen LogP contribution in [0, 0.1) is 6.92 Å². The van der Waals surface area contributed by atoms with Crippen LogP contribution in [-0.4, -0.2) is 31.0 Å². The summed E-state index contributed by atoms with van der Waals surface area (Å²) in [6.45, 7) is 5.62. The maximum Gasteiger partial charge on any atom is 0.246 e. The Morgan fingerprint density at radius 3 is 2.53 bits per heavy atom. The molecule has 156 valence electrons. The SMILES string of the molecule is COc1c(/C(C)=C/C(=O)N2CCCCC2)cc2c(-c3ccc(Cl)cc3)coc2c1C. The monoisotopic (exact) mass is 423 g/mol. The van der Waals surface area contributed by atoms with E-state index in [4.69, 9.17) is 20.8 Å². The van der Waals surface area contributed by atoms with E-state index in [2.05, 4.69) is 6.07 Å². The van der Waals surface area contributed by atoms with Gasteiger partial charge in [0, 0.05) is 46.3 Å². The molecule has 1 saturated heterocycles. The van der Waals surface area contributed by atoms with Crippen molar-refractivity contribution in [2.24, 2.45) is 0 Å². The Bertz CT molecular complexity index is 1110. The molecule has 30 heavy (non-hydrogen) atoms. The van der Waals surface area contributed by atoms with Crippen LogP contribution < -0.4 is 4.74 Å². The molecular formula is C25H26ClNO3. The first-order chi connectivity index (χ1) is 14.5. The first-order valence-corrected chi connectivity index (χ1v) is 10.7. The van der Waals surface area contributed by atoms with Crippen LogP contribution in [0.2, 0.25) is 5.02 Å². The zero-order valence-corrected chi connectivity index (χ0v) is 18.4. The molecule has 0 spiro atoms. The van der Waals surface area contributed by atoms with E-state index in [0.717, 1.165) is 70.5 Å². The zero-order valence-electron chi connectivity index (χ0n) is 17.6. The smallest absolute Gasteiger partial charge is 0.246 e. The summed E-state index contributed by atoms with van der Waals surface area (Å²) in [6.07, 6.45) is 6.85. The van der Waals surface area contributed by atoms with E-state index in [0.29, 0.717) is 5.02 Å². The Labute approximate surface area is 182 Å². The van der Waals surface area contributed by atoms with Crippen molar-refractivity contribution in [3.63, 3.8) is 0 Å². The molecule has 4 nitrogen and oxygen atoms in total. The van der Waals surface area contributed by atoms with Crippen molar-refractivity contribution in [3.8, 4) is 16.9 Å². The molecular weight excluding hydrogens is 398 g/mol. The third-order valence-electron chi connectivity index (χ3n) is 5.84. The van der Waals surface area contributed by atoms with Crippen LogP contribution in [0.5, 0.6) is 5.75 Å². The van der Waals surface area contributed by atoms with Crippen LogP contribution in [0.3, 0.4) is 0 Å². The lowest BCUT2D eigenvalue weighted by molar-refractivity contribution is -0.126.